The highest BCUT2D eigenvalue weighted by Gasteiger charge is 2.26. The highest BCUT2D eigenvalue weighted by molar-refractivity contribution is 6.02. The van der Waals surface area contributed by atoms with E-state index in [-0.39, 0.29) is 30.6 Å². The fourth-order valence-electron chi connectivity index (χ4n) is 5.58. The van der Waals surface area contributed by atoms with Crippen LogP contribution in [0.4, 0.5) is 0 Å². The van der Waals surface area contributed by atoms with Crippen LogP contribution in [0.1, 0.15) is 175 Å². The van der Waals surface area contributed by atoms with Gasteiger partial charge < -0.3 is 25.2 Å². The summed E-state index contributed by atoms with van der Waals surface area (Å²) in [5, 5.41) is 37.4. The first kappa shape index (κ1) is 49.3. The maximum atomic E-state index is 12.0. The van der Waals surface area contributed by atoms with Crippen molar-refractivity contribution in [3.63, 3.8) is 0 Å². The first-order valence-electron chi connectivity index (χ1n) is 20.1. The van der Waals surface area contributed by atoms with Crippen LogP contribution in [0.2, 0.25) is 0 Å². The van der Waals surface area contributed by atoms with Gasteiger partial charge in [0.25, 0.3) is 0 Å². The molecule has 0 aliphatic carbocycles. The number of aliphatic hydroxyl groups is 4. The molecule has 3 rings (SSSR count). The highest BCUT2D eigenvalue weighted by Crippen LogP contribution is 2.20. The third-order valence-electron chi connectivity index (χ3n) is 9.02. The van der Waals surface area contributed by atoms with Gasteiger partial charge in [0.1, 0.15) is 29.2 Å². The molecule has 4 N–H and O–H groups in total. The summed E-state index contributed by atoms with van der Waals surface area (Å²) in [4.78, 5) is 35.3. The van der Waals surface area contributed by atoms with E-state index in [1.807, 2.05) is 36.4 Å². The van der Waals surface area contributed by atoms with Gasteiger partial charge in [-0.15, -0.1) is 0 Å². The molecular formula is C47H70O8. The third kappa shape index (κ3) is 20.2. The monoisotopic (exact) mass is 763 g/mol. The third-order valence-corrected chi connectivity index (χ3v) is 9.02. The molecule has 0 amide bonds. The predicted molar refractivity (Wildman–Crippen MR) is 223 cm³/mol. The van der Waals surface area contributed by atoms with E-state index in [1.54, 1.807) is 36.4 Å². The number of unbranched alkanes of at least 4 members (excludes halogenated alkanes) is 9. The van der Waals surface area contributed by atoms with Crippen LogP contribution in [0.25, 0.3) is 0 Å². The van der Waals surface area contributed by atoms with Crippen LogP contribution < -0.4 is 4.74 Å². The van der Waals surface area contributed by atoms with Gasteiger partial charge in [-0.25, -0.2) is 0 Å². The largest absolute Gasteiger partial charge is 0.491 e. The molecule has 0 saturated heterocycles. The average molecular weight is 763 g/mol. The number of ether oxygens (including phenoxy) is 1. The van der Waals surface area contributed by atoms with E-state index in [9.17, 15) is 29.7 Å². The predicted octanol–water partition coefficient (Wildman–Crippen LogP) is 9.88. The second kappa shape index (κ2) is 24.7. The van der Waals surface area contributed by atoms with Crippen LogP contribution in [0, 0.1) is 0 Å². The maximum Gasteiger partial charge on any atom is 0.193 e. The summed E-state index contributed by atoms with van der Waals surface area (Å²) in [6, 6.07) is 21.6. The molecule has 306 valence electrons. The van der Waals surface area contributed by atoms with E-state index in [2.05, 4.69) is 20.8 Å². The van der Waals surface area contributed by atoms with Gasteiger partial charge in [-0.2, -0.15) is 0 Å². The van der Waals surface area contributed by atoms with Gasteiger partial charge >= 0.3 is 0 Å². The maximum absolute atomic E-state index is 12.0. The molecule has 0 fully saturated rings. The van der Waals surface area contributed by atoms with Gasteiger partial charge in [0.2, 0.25) is 0 Å². The van der Waals surface area contributed by atoms with Crippen molar-refractivity contribution in [2.24, 2.45) is 0 Å². The molecule has 8 heteroatoms. The Morgan fingerprint density at radius 1 is 0.545 bits per heavy atom. The number of benzene rings is 3. The van der Waals surface area contributed by atoms with Crippen molar-refractivity contribution in [1.29, 1.82) is 0 Å². The van der Waals surface area contributed by atoms with Crippen molar-refractivity contribution >= 4 is 17.3 Å². The van der Waals surface area contributed by atoms with Crippen molar-refractivity contribution in [2.75, 3.05) is 13.2 Å². The van der Waals surface area contributed by atoms with Gasteiger partial charge in [0.15, 0.2) is 17.3 Å². The minimum atomic E-state index is -1.37. The lowest BCUT2D eigenvalue weighted by molar-refractivity contribution is 0.0487. The zero-order chi connectivity index (χ0) is 41.7. The fourth-order valence-corrected chi connectivity index (χ4v) is 5.58. The lowest BCUT2D eigenvalue weighted by Crippen LogP contribution is -2.31. The second-order valence-corrected chi connectivity index (χ2v) is 16.2. The zero-order valence-electron chi connectivity index (χ0n) is 35.1. The Kier molecular flexibility index (Phi) is 22.2. The molecule has 0 saturated carbocycles. The SMILES string of the molecule is CC(C)(O)C(=O)c1ccc(OCCO)cc1.CC(C)c1ccc(C(=O)C(C)(C)O)cc1.CCCCCCCCCCCCc1ccc(C(=O)C(C)(C)O)cc1. The second-order valence-electron chi connectivity index (χ2n) is 16.2. The standard InChI is InChI=1S/C22H36O2.C13H18O2.C12H16O4/c1-4-5-6-7-8-9-10-11-12-13-14-19-15-17-20(18-16-19)21(23)22(2,3)24;1-9(2)10-5-7-11(8-6-10)12(14)13(3,4)15;1-12(2,15)11(14)9-3-5-10(6-4-9)16-8-7-13/h15-18,24H,4-14H2,1-3H3;5-9,15H,1-4H3;3-6,13,15H,7-8H2,1-2H3. The Labute approximate surface area is 331 Å². The van der Waals surface area contributed by atoms with Gasteiger partial charge in [0, 0.05) is 16.7 Å². The molecule has 0 atom stereocenters. The Morgan fingerprint density at radius 3 is 1.24 bits per heavy atom. The molecule has 0 aliphatic rings. The topological polar surface area (TPSA) is 141 Å². The molecule has 55 heavy (non-hydrogen) atoms. The lowest BCUT2D eigenvalue weighted by atomic mass is 9.94. The van der Waals surface area contributed by atoms with Crippen molar-refractivity contribution in [2.45, 2.75) is 156 Å². The number of aryl methyl sites for hydroxylation is 1. The number of carbonyl (C=O) groups excluding carboxylic acids is 3. The van der Waals surface area contributed by atoms with Crippen LogP contribution >= 0.6 is 0 Å². The van der Waals surface area contributed by atoms with Crippen molar-refractivity contribution in [3.8, 4) is 5.75 Å². The van der Waals surface area contributed by atoms with E-state index in [4.69, 9.17) is 9.84 Å². The number of hydrogen-bond donors (Lipinski definition) is 4. The summed E-state index contributed by atoms with van der Waals surface area (Å²) < 4.78 is 5.15. The van der Waals surface area contributed by atoms with Gasteiger partial charge in [-0.05, 0) is 95.7 Å². The molecular weight excluding hydrogens is 693 g/mol. The smallest absolute Gasteiger partial charge is 0.193 e. The number of ketones is 3. The fraction of sp³-hybridized carbons (Fsp3) is 0.553. The molecule has 8 nitrogen and oxygen atoms in total. The van der Waals surface area contributed by atoms with Crippen molar-refractivity contribution < 1.29 is 39.5 Å². The summed E-state index contributed by atoms with van der Waals surface area (Å²) >= 11 is 0. The van der Waals surface area contributed by atoms with Crippen LogP contribution in [0.5, 0.6) is 5.75 Å². The number of rotatable bonds is 21. The molecule has 0 aliphatic heterocycles. The minimum Gasteiger partial charge on any atom is -0.491 e. The summed E-state index contributed by atoms with van der Waals surface area (Å²) in [6.45, 7) is 15.6. The summed E-state index contributed by atoms with van der Waals surface area (Å²) in [7, 11) is 0. The van der Waals surface area contributed by atoms with Gasteiger partial charge in [-0.1, -0.05) is 127 Å². The van der Waals surface area contributed by atoms with E-state index in [1.165, 1.54) is 117 Å². The van der Waals surface area contributed by atoms with Crippen LogP contribution in [-0.4, -0.2) is 67.8 Å². The average Bonchev–Trinajstić information content (AvgIpc) is 3.13. The highest BCUT2D eigenvalue weighted by atomic mass is 16.5. The number of hydrogen-bond acceptors (Lipinski definition) is 8. The lowest BCUT2D eigenvalue weighted by Gasteiger charge is -2.15. The molecule has 0 unspecified atom stereocenters. The van der Waals surface area contributed by atoms with Crippen LogP contribution in [-0.2, 0) is 6.42 Å². The Balaban J connectivity index is 0.000000429. The summed E-state index contributed by atoms with van der Waals surface area (Å²) in [5.74, 6) is 0.254. The normalized spacial score (nSPS) is 11.6. The Hall–Kier alpha value is -3.69. The van der Waals surface area contributed by atoms with E-state index in [0.29, 0.717) is 28.4 Å². The van der Waals surface area contributed by atoms with Gasteiger partial charge in [-0.3, -0.25) is 14.4 Å². The first-order valence-corrected chi connectivity index (χ1v) is 20.1. The van der Waals surface area contributed by atoms with Crippen molar-refractivity contribution in [1.82, 2.24) is 0 Å². The molecule has 3 aromatic carbocycles. The number of aliphatic hydroxyl groups excluding tert-OH is 1. The molecule has 0 bridgehead atoms. The van der Waals surface area contributed by atoms with E-state index >= 15 is 0 Å². The molecule has 0 aromatic heterocycles. The Bertz CT molecular complexity index is 1520. The molecule has 0 spiro atoms. The number of carbonyl (C=O) groups is 3. The Morgan fingerprint density at radius 2 is 0.891 bits per heavy atom. The zero-order valence-corrected chi connectivity index (χ0v) is 35.1. The number of Topliss-reactive ketones (excluding diaryl/α,β-unsaturated/α-hetero) is 3. The molecule has 0 radical (unpaired) electrons. The summed E-state index contributed by atoms with van der Waals surface area (Å²) in [6.07, 6.45) is 14.6. The van der Waals surface area contributed by atoms with Crippen LogP contribution in [0.3, 0.4) is 0 Å². The summed E-state index contributed by atoms with van der Waals surface area (Å²) in [5.41, 5.74) is 0.111. The quantitative estimate of drug-likeness (QED) is 0.0621. The van der Waals surface area contributed by atoms with Gasteiger partial charge in [0.05, 0.1) is 6.61 Å². The molecule has 0 heterocycles. The first-order chi connectivity index (χ1) is 25.7. The molecule has 3 aromatic rings. The van der Waals surface area contributed by atoms with Crippen molar-refractivity contribution in [3.05, 3.63) is 101 Å². The minimum absolute atomic E-state index is 0.0512. The van der Waals surface area contributed by atoms with E-state index in [0.717, 1.165) is 6.42 Å². The van der Waals surface area contributed by atoms with Crippen LogP contribution in [0.15, 0.2) is 72.8 Å². The van der Waals surface area contributed by atoms with E-state index < -0.39 is 16.8 Å².